The Bertz CT molecular complexity index is 515. The summed E-state index contributed by atoms with van der Waals surface area (Å²) in [4.78, 5) is 0. The topological polar surface area (TPSA) is 0 Å². The van der Waals surface area contributed by atoms with E-state index in [-0.39, 0.29) is 5.82 Å². The molecule has 0 aliphatic heterocycles. The summed E-state index contributed by atoms with van der Waals surface area (Å²) in [6.07, 6.45) is 0. The Labute approximate surface area is 111 Å². The number of aryl methyl sites for hydroxylation is 1. The first kappa shape index (κ1) is 11.8. The predicted octanol–water partition coefficient (Wildman–Crippen LogP) is 5.33. The zero-order valence-electron chi connectivity index (χ0n) is 8.60. The van der Waals surface area contributed by atoms with Crippen LogP contribution in [0.25, 0.3) is 11.1 Å². The molecule has 0 radical (unpaired) electrons. The van der Waals surface area contributed by atoms with Crippen LogP contribution in [0.2, 0.25) is 0 Å². The van der Waals surface area contributed by atoms with Gasteiger partial charge in [0.25, 0.3) is 0 Å². The van der Waals surface area contributed by atoms with Crippen LogP contribution < -0.4 is 0 Å². The SMILES string of the molecule is Cc1cccc(Br)c1-c1cc(F)ccc1Br. The van der Waals surface area contributed by atoms with Gasteiger partial charge in [-0.25, -0.2) is 4.39 Å². The van der Waals surface area contributed by atoms with Gasteiger partial charge in [0.2, 0.25) is 0 Å². The van der Waals surface area contributed by atoms with E-state index in [2.05, 4.69) is 31.9 Å². The summed E-state index contributed by atoms with van der Waals surface area (Å²) < 4.78 is 15.1. The lowest BCUT2D eigenvalue weighted by Gasteiger charge is -2.10. The molecule has 0 saturated heterocycles. The summed E-state index contributed by atoms with van der Waals surface area (Å²) in [6, 6.07) is 10.6. The Balaban J connectivity index is 2.72. The molecule has 0 fully saturated rings. The zero-order valence-corrected chi connectivity index (χ0v) is 11.8. The average Bonchev–Trinajstić information content (AvgIpc) is 2.23. The van der Waals surface area contributed by atoms with E-state index in [1.165, 1.54) is 12.1 Å². The zero-order chi connectivity index (χ0) is 11.7. The summed E-state index contributed by atoms with van der Waals surface area (Å²) in [5.74, 6) is -0.228. The van der Waals surface area contributed by atoms with E-state index in [4.69, 9.17) is 0 Å². The van der Waals surface area contributed by atoms with Gasteiger partial charge in [-0.2, -0.15) is 0 Å². The number of rotatable bonds is 1. The maximum Gasteiger partial charge on any atom is 0.123 e. The largest absolute Gasteiger partial charge is 0.207 e. The highest BCUT2D eigenvalue weighted by atomic mass is 79.9. The van der Waals surface area contributed by atoms with Crippen LogP contribution >= 0.6 is 31.9 Å². The number of hydrogen-bond acceptors (Lipinski definition) is 0. The highest BCUT2D eigenvalue weighted by molar-refractivity contribution is 9.11. The van der Waals surface area contributed by atoms with E-state index in [1.54, 1.807) is 6.07 Å². The Morgan fingerprint density at radius 3 is 2.44 bits per heavy atom. The second-order valence-electron chi connectivity index (χ2n) is 3.56. The summed E-state index contributed by atoms with van der Waals surface area (Å²) in [5, 5.41) is 0. The van der Waals surface area contributed by atoms with Crippen LogP contribution in [0.5, 0.6) is 0 Å². The summed E-state index contributed by atoms with van der Waals surface area (Å²) in [7, 11) is 0. The van der Waals surface area contributed by atoms with Crippen LogP contribution in [0.15, 0.2) is 45.3 Å². The fourth-order valence-electron chi connectivity index (χ4n) is 1.66. The molecule has 0 heterocycles. The van der Waals surface area contributed by atoms with Crippen molar-refractivity contribution in [2.24, 2.45) is 0 Å². The van der Waals surface area contributed by atoms with E-state index in [1.807, 2.05) is 25.1 Å². The van der Waals surface area contributed by atoms with Gasteiger partial charge in [0, 0.05) is 20.1 Å². The van der Waals surface area contributed by atoms with Crippen LogP contribution in [0, 0.1) is 12.7 Å². The molecule has 16 heavy (non-hydrogen) atoms. The standard InChI is InChI=1S/C13H9Br2F/c1-8-3-2-4-12(15)13(8)10-7-9(16)5-6-11(10)14/h2-7H,1H3. The van der Waals surface area contributed by atoms with Gasteiger partial charge in [0.1, 0.15) is 5.82 Å². The van der Waals surface area contributed by atoms with Gasteiger partial charge < -0.3 is 0 Å². The molecule has 0 saturated carbocycles. The third-order valence-corrected chi connectivity index (χ3v) is 3.77. The molecule has 0 unspecified atom stereocenters. The molecule has 2 aromatic rings. The molecule has 2 rings (SSSR count). The fourth-order valence-corrected chi connectivity index (χ4v) is 2.79. The van der Waals surface area contributed by atoms with Crippen molar-refractivity contribution in [3.05, 3.63) is 56.7 Å². The second-order valence-corrected chi connectivity index (χ2v) is 5.26. The summed E-state index contributed by atoms with van der Waals surface area (Å²) in [5.41, 5.74) is 3.00. The summed E-state index contributed by atoms with van der Waals surface area (Å²) >= 11 is 6.95. The predicted molar refractivity (Wildman–Crippen MR) is 72.0 cm³/mol. The molecule has 2 aromatic carbocycles. The van der Waals surface area contributed by atoms with Crippen molar-refractivity contribution in [2.45, 2.75) is 6.92 Å². The first-order chi connectivity index (χ1) is 7.59. The van der Waals surface area contributed by atoms with E-state index in [0.29, 0.717) is 0 Å². The molecule has 3 heteroatoms. The molecule has 0 N–H and O–H groups in total. The van der Waals surface area contributed by atoms with Crippen molar-refractivity contribution in [1.29, 1.82) is 0 Å². The maximum absolute atomic E-state index is 13.3. The highest BCUT2D eigenvalue weighted by Gasteiger charge is 2.10. The van der Waals surface area contributed by atoms with Gasteiger partial charge >= 0.3 is 0 Å². The molecule has 0 aliphatic rings. The minimum absolute atomic E-state index is 0.228. The van der Waals surface area contributed by atoms with Gasteiger partial charge in [0.05, 0.1) is 0 Å². The lowest BCUT2D eigenvalue weighted by Crippen LogP contribution is -1.87. The number of halogens is 3. The molecular weight excluding hydrogens is 335 g/mol. The second kappa shape index (κ2) is 4.68. The first-order valence-electron chi connectivity index (χ1n) is 4.80. The van der Waals surface area contributed by atoms with Gasteiger partial charge in [-0.15, -0.1) is 0 Å². The highest BCUT2D eigenvalue weighted by Crippen LogP contribution is 2.36. The van der Waals surface area contributed by atoms with Gasteiger partial charge in [0.15, 0.2) is 0 Å². The van der Waals surface area contributed by atoms with Crippen molar-refractivity contribution >= 4 is 31.9 Å². The Morgan fingerprint density at radius 1 is 1.00 bits per heavy atom. The van der Waals surface area contributed by atoms with Crippen LogP contribution in [-0.4, -0.2) is 0 Å². The molecular formula is C13H9Br2F. The molecule has 0 bridgehead atoms. The van der Waals surface area contributed by atoms with Crippen LogP contribution in [0.1, 0.15) is 5.56 Å². The molecule has 0 aliphatic carbocycles. The van der Waals surface area contributed by atoms with E-state index >= 15 is 0 Å². The minimum atomic E-state index is -0.228. The fraction of sp³-hybridized carbons (Fsp3) is 0.0769. The number of hydrogen-bond donors (Lipinski definition) is 0. The first-order valence-corrected chi connectivity index (χ1v) is 6.38. The maximum atomic E-state index is 13.3. The third kappa shape index (κ3) is 2.20. The molecule has 0 spiro atoms. The van der Waals surface area contributed by atoms with Gasteiger partial charge in [-0.05, 0) is 36.8 Å². The van der Waals surface area contributed by atoms with E-state index in [9.17, 15) is 4.39 Å². The van der Waals surface area contributed by atoms with Gasteiger partial charge in [-0.1, -0.05) is 44.0 Å². The molecule has 0 nitrogen and oxygen atoms in total. The van der Waals surface area contributed by atoms with Crippen molar-refractivity contribution in [3.63, 3.8) is 0 Å². The van der Waals surface area contributed by atoms with Crippen molar-refractivity contribution in [1.82, 2.24) is 0 Å². The Kier molecular flexibility index (Phi) is 3.45. The monoisotopic (exact) mass is 342 g/mol. The summed E-state index contributed by atoms with van der Waals surface area (Å²) in [6.45, 7) is 2.01. The lowest BCUT2D eigenvalue weighted by atomic mass is 10.0. The molecule has 82 valence electrons. The Hall–Kier alpha value is -0.670. The van der Waals surface area contributed by atoms with Gasteiger partial charge in [-0.3, -0.25) is 0 Å². The van der Waals surface area contributed by atoms with Crippen LogP contribution in [0.3, 0.4) is 0 Å². The van der Waals surface area contributed by atoms with Crippen LogP contribution in [0.4, 0.5) is 4.39 Å². The van der Waals surface area contributed by atoms with E-state index < -0.39 is 0 Å². The Morgan fingerprint density at radius 2 is 1.75 bits per heavy atom. The normalized spacial score (nSPS) is 10.5. The quantitative estimate of drug-likeness (QED) is 0.656. The minimum Gasteiger partial charge on any atom is -0.207 e. The molecule has 0 aromatic heterocycles. The molecule has 0 atom stereocenters. The van der Waals surface area contributed by atoms with Crippen molar-refractivity contribution in [3.8, 4) is 11.1 Å². The smallest absolute Gasteiger partial charge is 0.123 e. The third-order valence-electron chi connectivity index (χ3n) is 2.42. The van der Waals surface area contributed by atoms with E-state index in [0.717, 1.165) is 25.6 Å². The lowest BCUT2D eigenvalue weighted by molar-refractivity contribution is 0.628. The molecule has 0 amide bonds. The van der Waals surface area contributed by atoms with Crippen molar-refractivity contribution < 1.29 is 4.39 Å². The average molecular weight is 344 g/mol. The van der Waals surface area contributed by atoms with Crippen LogP contribution in [-0.2, 0) is 0 Å². The van der Waals surface area contributed by atoms with Crippen molar-refractivity contribution in [2.75, 3.05) is 0 Å². The number of benzene rings is 2.